The van der Waals surface area contributed by atoms with E-state index in [1.54, 1.807) is 0 Å². The fraction of sp³-hybridized carbons (Fsp3) is 0.379. The van der Waals surface area contributed by atoms with Crippen LogP contribution in [0.1, 0.15) is 12.8 Å². The van der Waals surface area contributed by atoms with Crippen molar-refractivity contribution in [3.63, 3.8) is 0 Å². The van der Waals surface area contributed by atoms with E-state index in [-0.39, 0.29) is 5.82 Å². The molecule has 3 aromatic carbocycles. The summed E-state index contributed by atoms with van der Waals surface area (Å²) in [7, 11) is 4.18. The van der Waals surface area contributed by atoms with Crippen LogP contribution < -0.4 is 15.1 Å². The lowest BCUT2D eigenvalue weighted by Gasteiger charge is -2.47. The fourth-order valence-corrected chi connectivity index (χ4v) is 6.43. The highest BCUT2D eigenvalue weighted by molar-refractivity contribution is 6.35. The quantitative estimate of drug-likeness (QED) is 0.415. The van der Waals surface area contributed by atoms with Gasteiger partial charge in [0.25, 0.3) is 0 Å². The first-order valence-corrected chi connectivity index (χ1v) is 13.4. The summed E-state index contributed by atoms with van der Waals surface area (Å²) in [5.74, 6) is 1.02. The molecule has 2 bridgehead atoms. The molecule has 1 N–H and O–H groups in total. The average Bonchev–Trinajstić information content (AvgIpc) is 2.88. The van der Waals surface area contributed by atoms with E-state index in [1.807, 2.05) is 48.5 Å². The monoisotopic (exact) mass is 516 g/mol. The van der Waals surface area contributed by atoms with E-state index in [2.05, 4.69) is 34.1 Å². The molecule has 4 fully saturated rings. The molecule has 8 heteroatoms. The first kappa shape index (κ1) is 23.1. The number of halogens is 2. The van der Waals surface area contributed by atoms with Crippen molar-refractivity contribution in [2.24, 2.45) is 0 Å². The highest BCUT2D eigenvalue weighted by atomic mass is 35.5. The smallest absolute Gasteiger partial charge is 0.228 e. The van der Waals surface area contributed by atoms with Crippen molar-refractivity contribution in [2.45, 2.75) is 31.0 Å². The molecule has 2 atom stereocenters. The Bertz CT molecular complexity index is 1500. The Hall–Kier alpha value is -3.00. The zero-order chi connectivity index (χ0) is 25.3. The topological polar surface area (TPSA) is 47.5 Å². The zero-order valence-electron chi connectivity index (χ0n) is 21.1. The van der Waals surface area contributed by atoms with E-state index in [1.165, 1.54) is 0 Å². The minimum absolute atomic E-state index is 0.335. The Morgan fingerprint density at radius 3 is 2.54 bits per heavy atom. The molecule has 4 aliphatic heterocycles. The van der Waals surface area contributed by atoms with Gasteiger partial charge >= 0.3 is 0 Å². The van der Waals surface area contributed by atoms with E-state index in [9.17, 15) is 0 Å². The maximum absolute atomic E-state index is 16.6. The Kier molecular flexibility index (Phi) is 5.50. The molecular formula is C29H30ClFN6. The third-order valence-corrected chi connectivity index (χ3v) is 8.70. The van der Waals surface area contributed by atoms with Crippen molar-refractivity contribution in [1.82, 2.24) is 20.2 Å². The van der Waals surface area contributed by atoms with Gasteiger partial charge < -0.3 is 20.0 Å². The molecule has 37 heavy (non-hydrogen) atoms. The number of hydrogen-bond donors (Lipinski definition) is 1. The number of aromatic nitrogens is 2. The predicted molar refractivity (Wildman–Crippen MR) is 149 cm³/mol. The van der Waals surface area contributed by atoms with Gasteiger partial charge in [-0.3, -0.25) is 0 Å². The van der Waals surface area contributed by atoms with Gasteiger partial charge in [-0.05, 0) is 49.3 Å². The van der Waals surface area contributed by atoms with Crippen LogP contribution in [-0.2, 0) is 0 Å². The summed E-state index contributed by atoms with van der Waals surface area (Å²) in [5.41, 5.74) is 1.52. The SMILES string of the molecule is CN(C)C1CN(c2nc(N3CC4CCC3CN4)c3cc(Cl)c(-c4cccc5ccccc45)c(F)c3n2)C1. The van der Waals surface area contributed by atoms with Crippen LogP contribution >= 0.6 is 11.6 Å². The maximum Gasteiger partial charge on any atom is 0.228 e. The molecular weight excluding hydrogens is 487 g/mol. The first-order valence-electron chi connectivity index (χ1n) is 13.1. The van der Waals surface area contributed by atoms with E-state index < -0.39 is 0 Å². The second-order valence-corrected chi connectivity index (χ2v) is 11.2. The second-order valence-electron chi connectivity index (χ2n) is 10.8. The van der Waals surface area contributed by atoms with Crippen molar-refractivity contribution in [1.29, 1.82) is 0 Å². The summed E-state index contributed by atoms with van der Waals surface area (Å²) in [6.07, 6.45) is 2.27. The molecule has 4 saturated heterocycles. The summed E-state index contributed by atoms with van der Waals surface area (Å²) < 4.78 is 16.6. The minimum atomic E-state index is -0.381. The lowest BCUT2D eigenvalue weighted by Crippen LogP contribution is -2.61. The van der Waals surface area contributed by atoms with E-state index in [0.29, 0.717) is 45.6 Å². The molecule has 6 nitrogen and oxygen atoms in total. The van der Waals surface area contributed by atoms with Crippen LogP contribution in [0.4, 0.5) is 16.2 Å². The summed E-state index contributed by atoms with van der Waals surface area (Å²) >= 11 is 6.89. The van der Waals surface area contributed by atoms with Crippen molar-refractivity contribution in [3.8, 4) is 11.1 Å². The van der Waals surface area contributed by atoms with E-state index >= 15 is 4.39 Å². The number of nitrogens with zero attached hydrogens (tertiary/aromatic N) is 5. The average molecular weight is 517 g/mol. The Morgan fingerprint density at radius 2 is 1.81 bits per heavy atom. The molecule has 0 radical (unpaired) electrons. The lowest BCUT2D eigenvalue weighted by atomic mass is 9.92. The van der Waals surface area contributed by atoms with Gasteiger partial charge in [-0.15, -0.1) is 0 Å². The third kappa shape index (κ3) is 3.75. The summed E-state index contributed by atoms with van der Waals surface area (Å²) in [5, 5.41) is 6.70. The van der Waals surface area contributed by atoms with Gasteiger partial charge in [0.1, 0.15) is 11.3 Å². The van der Waals surface area contributed by atoms with Crippen LogP contribution in [0.2, 0.25) is 5.02 Å². The Balaban J connectivity index is 1.43. The van der Waals surface area contributed by atoms with Gasteiger partial charge in [0.05, 0.1) is 5.02 Å². The molecule has 0 spiro atoms. The zero-order valence-corrected chi connectivity index (χ0v) is 21.8. The number of nitrogens with one attached hydrogen (secondary N) is 1. The van der Waals surface area contributed by atoms with Gasteiger partial charge in [0.2, 0.25) is 5.95 Å². The number of rotatable bonds is 4. The van der Waals surface area contributed by atoms with Gasteiger partial charge in [0.15, 0.2) is 5.82 Å². The molecule has 0 amide bonds. The summed E-state index contributed by atoms with van der Waals surface area (Å²) in [6, 6.07) is 17.0. The van der Waals surface area contributed by atoms with Gasteiger partial charge in [-0.25, -0.2) is 9.37 Å². The Morgan fingerprint density at radius 1 is 1.00 bits per heavy atom. The maximum atomic E-state index is 16.6. The predicted octanol–water partition coefficient (Wildman–Crippen LogP) is 4.93. The third-order valence-electron chi connectivity index (χ3n) is 8.41. The fourth-order valence-electron chi connectivity index (χ4n) is 6.13. The number of piperidine rings is 2. The Labute approximate surface area is 221 Å². The highest BCUT2D eigenvalue weighted by Crippen LogP contribution is 2.42. The van der Waals surface area contributed by atoms with Crippen LogP contribution in [0.5, 0.6) is 0 Å². The number of piperazine rings is 1. The molecule has 190 valence electrons. The number of hydrogen-bond acceptors (Lipinski definition) is 6. The second kappa shape index (κ2) is 8.79. The largest absolute Gasteiger partial charge is 0.350 e. The van der Waals surface area contributed by atoms with Crippen molar-refractivity contribution >= 4 is 45.0 Å². The lowest BCUT2D eigenvalue weighted by molar-refractivity contribution is 0.245. The molecule has 1 aromatic heterocycles. The molecule has 4 aromatic rings. The molecule has 0 saturated carbocycles. The van der Waals surface area contributed by atoms with Gasteiger partial charge in [0, 0.05) is 55.3 Å². The molecule has 8 rings (SSSR count). The summed E-state index contributed by atoms with van der Waals surface area (Å²) in [4.78, 5) is 16.6. The number of likely N-dealkylation sites (N-methyl/N-ethyl adjacent to an activating group) is 1. The van der Waals surface area contributed by atoms with Crippen LogP contribution in [0, 0.1) is 5.82 Å². The summed E-state index contributed by atoms with van der Waals surface area (Å²) in [6.45, 7) is 3.44. The van der Waals surface area contributed by atoms with Crippen molar-refractivity contribution in [2.75, 3.05) is 50.1 Å². The van der Waals surface area contributed by atoms with Crippen LogP contribution in [0.3, 0.4) is 0 Å². The van der Waals surface area contributed by atoms with Gasteiger partial charge in [-0.1, -0.05) is 54.1 Å². The minimum Gasteiger partial charge on any atom is -0.350 e. The molecule has 4 aliphatic rings. The molecule has 0 aliphatic carbocycles. The number of anilines is 2. The van der Waals surface area contributed by atoms with Crippen LogP contribution in [0.15, 0.2) is 48.5 Å². The van der Waals surface area contributed by atoms with E-state index in [0.717, 1.165) is 61.2 Å². The van der Waals surface area contributed by atoms with Crippen molar-refractivity contribution < 1.29 is 4.39 Å². The first-order chi connectivity index (χ1) is 18.0. The van der Waals surface area contributed by atoms with Gasteiger partial charge in [-0.2, -0.15) is 4.98 Å². The van der Waals surface area contributed by atoms with Crippen LogP contribution in [0.25, 0.3) is 32.8 Å². The standard InChI is InChI=1S/C29H30ClFN6/c1-35(2)20-15-36(16-20)29-33-27-23(28(34-29)37-14-18-10-11-19(37)13-32-18)12-24(30)25(26(27)31)22-9-5-7-17-6-3-4-8-21(17)22/h3-9,12,18-20,32H,10-11,13-16H2,1-2H3. The normalized spacial score (nSPS) is 21.9. The molecule has 2 unspecified atom stereocenters. The van der Waals surface area contributed by atoms with Crippen molar-refractivity contribution in [3.05, 3.63) is 59.4 Å². The molecule has 5 heterocycles. The highest BCUT2D eigenvalue weighted by Gasteiger charge is 2.37. The number of fused-ring (bicyclic) bond motifs is 5. The van der Waals surface area contributed by atoms with E-state index in [4.69, 9.17) is 21.6 Å². The van der Waals surface area contributed by atoms with Crippen LogP contribution in [-0.4, -0.2) is 73.3 Å². The number of benzene rings is 3.